The summed E-state index contributed by atoms with van der Waals surface area (Å²) in [6, 6.07) is 6.70. The van der Waals surface area contributed by atoms with Crippen molar-refractivity contribution in [1.82, 2.24) is 4.98 Å². The van der Waals surface area contributed by atoms with Gasteiger partial charge in [0, 0.05) is 11.6 Å². The van der Waals surface area contributed by atoms with E-state index >= 15 is 0 Å². The van der Waals surface area contributed by atoms with Crippen LogP contribution in [0, 0.1) is 0 Å². The lowest BCUT2D eigenvalue weighted by Crippen LogP contribution is -2.04. The molecule has 0 saturated carbocycles. The summed E-state index contributed by atoms with van der Waals surface area (Å²) in [6.45, 7) is 0. The van der Waals surface area contributed by atoms with E-state index in [0.29, 0.717) is 5.89 Å². The smallest absolute Gasteiger partial charge is 0.273 e. The van der Waals surface area contributed by atoms with Crippen LogP contribution >= 0.6 is 0 Å². The Morgan fingerprint density at radius 2 is 2.18 bits per heavy atom. The molecule has 2 aliphatic heterocycles. The first-order valence-electron chi connectivity index (χ1n) is 3.21. The van der Waals surface area contributed by atoms with Gasteiger partial charge < -0.3 is 4.42 Å². The monoisotopic (exact) mass is 147 g/mol. The predicted octanol–water partition coefficient (Wildman–Crippen LogP) is 1.14. The van der Waals surface area contributed by atoms with Crippen LogP contribution in [0.1, 0.15) is 0 Å². The topological polar surface area (TPSA) is 43.1 Å². The number of nitrogens with zero attached hydrogens (tertiary/aromatic N) is 1. The van der Waals surface area contributed by atoms with Gasteiger partial charge in [0.05, 0.1) is 6.26 Å². The molecule has 0 spiro atoms. The van der Waals surface area contributed by atoms with E-state index in [1.807, 2.05) is 6.07 Å². The molecule has 3 heteroatoms. The summed E-state index contributed by atoms with van der Waals surface area (Å²) in [5.41, 5.74) is 0.569. The average Bonchev–Trinajstić information content (AvgIpc) is 2.04. The van der Waals surface area contributed by atoms with Crippen molar-refractivity contribution >= 4 is 0 Å². The first-order valence-corrected chi connectivity index (χ1v) is 3.21. The predicted molar refractivity (Wildman–Crippen MR) is 39.4 cm³/mol. The van der Waals surface area contributed by atoms with Crippen molar-refractivity contribution in [2.24, 2.45) is 0 Å². The van der Waals surface area contributed by atoms with Crippen LogP contribution in [0.25, 0.3) is 11.5 Å². The summed E-state index contributed by atoms with van der Waals surface area (Å²) >= 11 is 0. The minimum Gasteiger partial charge on any atom is -0.446 e. The SMILES string of the molecule is O=c1ccc2cccoc-2n1. The Kier molecular flexibility index (Phi) is 1.22. The van der Waals surface area contributed by atoms with Crippen molar-refractivity contribution in [2.45, 2.75) is 0 Å². The molecule has 0 N–H and O–H groups in total. The third kappa shape index (κ3) is 1.00. The highest BCUT2D eigenvalue weighted by atomic mass is 16.3. The minimum atomic E-state index is -0.271. The van der Waals surface area contributed by atoms with Crippen LogP contribution in [0.5, 0.6) is 0 Å². The van der Waals surface area contributed by atoms with Gasteiger partial charge in [0.15, 0.2) is 0 Å². The number of rotatable bonds is 0. The van der Waals surface area contributed by atoms with Crippen LogP contribution in [0.2, 0.25) is 0 Å². The summed E-state index contributed by atoms with van der Waals surface area (Å²) < 4.78 is 4.98. The second-order valence-electron chi connectivity index (χ2n) is 2.16. The van der Waals surface area contributed by atoms with Gasteiger partial charge in [-0.25, -0.2) is 0 Å². The molecule has 0 bridgehead atoms. The van der Waals surface area contributed by atoms with Gasteiger partial charge in [-0.3, -0.25) is 4.79 Å². The second kappa shape index (κ2) is 2.20. The largest absolute Gasteiger partial charge is 0.446 e. The number of hydrogen-bond acceptors (Lipinski definition) is 3. The van der Waals surface area contributed by atoms with Crippen molar-refractivity contribution in [3.63, 3.8) is 0 Å². The average molecular weight is 147 g/mol. The summed E-state index contributed by atoms with van der Waals surface area (Å²) in [5, 5.41) is 0. The zero-order chi connectivity index (χ0) is 7.68. The molecule has 0 aromatic heterocycles. The fourth-order valence-electron chi connectivity index (χ4n) is 0.902. The molecule has 0 atom stereocenters. The summed E-state index contributed by atoms with van der Waals surface area (Å²) in [6.07, 6.45) is 1.49. The minimum absolute atomic E-state index is 0.271. The lowest BCUT2D eigenvalue weighted by Gasteiger charge is -1.97. The van der Waals surface area contributed by atoms with E-state index in [0.717, 1.165) is 5.56 Å². The van der Waals surface area contributed by atoms with Crippen molar-refractivity contribution in [3.05, 3.63) is 40.9 Å². The van der Waals surface area contributed by atoms with E-state index < -0.39 is 0 Å². The summed E-state index contributed by atoms with van der Waals surface area (Å²) in [5.74, 6) is 0.389. The van der Waals surface area contributed by atoms with Gasteiger partial charge in [-0.05, 0) is 18.2 Å². The quantitative estimate of drug-likeness (QED) is 0.561. The molecule has 3 nitrogen and oxygen atoms in total. The van der Waals surface area contributed by atoms with Crippen LogP contribution in [0.3, 0.4) is 0 Å². The standard InChI is InChI=1S/C8H5NO2/c10-7-4-3-6-2-1-5-11-8(6)9-7/h1-5H. The molecule has 2 aliphatic rings. The molecule has 0 unspecified atom stereocenters. The van der Waals surface area contributed by atoms with Gasteiger partial charge in [0.2, 0.25) is 5.89 Å². The van der Waals surface area contributed by atoms with Crippen molar-refractivity contribution in [3.8, 4) is 11.5 Å². The lowest BCUT2D eigenvalue weighted by molar-refractivity contribution is 0.546. The Bertz CT molecular complexity index is 394. The molecule has 0 radical (unpaired) electrons. The van der Waals surface area contributed by atoms with Gasteiger partial charge in [0.25, 0.3) is 5.56 Å². The van der Waals surface area contributed by atoms with E-state index in [4.69, 9.17) is 4.42 Å². The first kappa shape index (κ1) is 6.09. The van der Waals surface area contributed by atoms with Gasteiger partial charge in [0.1, 0.15) is 0 Å². The van der Waals surface area contributed by atoms with E-state index in [2.05, 4.69) is 4.98 Å². The third-order valence-corrected chi connectivity index (χ3v) is 1.40. The van der Waals surface area contributed by atoms with Crippen LogP contribution in [-0.2, 0) is 0 Å². The van der Waals surface area contributed by atoms with Crippen molar-refractivity contribution in [1.29, 1.82) is 0 Å². The molecule has 0 saturated heterocycles. The van der Waals surface area contributed by atoms with Crippen molar-refractivity contribution in [2.75, 3.05) is 0 Å². The highest BCUT2D eigenvalue weighted by Gasteiger charge is 2.02. The van der Waals surface area contributed by atoms with Gasteiger partial charge in [-0.15, -0.1) is 0 Å². The lowest BCUT2D eigenvalue weighted by atomic mass is 10.2. The third-order valence-electron chi connectivity index (χ3n) is 1.40. The fourth-order valence-corrected chi connectivity index (χ4v) is 0.902. The Labute approximate surface area is 62.7 Å². The molecule has 11 heavy (non-hydrogen) atoms. The molecule has 2 rings (SSSR count). The molecule has 2 heterocycles. The Morgan fingerprint density at radius 1 is 1.27 bits per heavy atom. The molecule has 0 aromatic carbocycles. The Balaban J connectivity index is 2.84. The van der Waals surface area contributed by atoms with E-state index in [-0.39, 0.29) is 5.56 Å². The first-order chi connectivity index (χ1) is 5.36. The maximum Gasteiger partial charge on any atom is 0.273 e. The molecule has 0 amide bonds. The zero-order valence-electron chi connectivity index (χ0n) is 5.65. The number of aromatic nitrogens is 1. The second-order valence-corrected chi connectivity index (χ2v) is 2.16. The molecule has 0 aromatic rings. The number of hydrogen-bond donors (Lipinski definition) is 0. The highest BCUT2D eigenvalue weighted by Crippen LogP contribution is 2.14. The van der Waals surface area contributed by atoms with Crippen LogP contribution < -0.4 is 5.56 Å². The number of pyridine rings is 1. The van der Waals surface area contributed by atoms with Gasteiger partial charge in [-0.2, -0.15) is 4.98 Å². The number of fused-ring (bicyclic) bond motifs is 1. The van der Waals surface area contributed by atoms with Crippen LogP contribution in [0.4, 0.5) is 0 Å². The maximum atomic E-state index is 10.7. The highest BCUT2D eigenvalue weighted by molar-refractivity contribution is 5.52. The summed E-state index contributed by atoms with van der Waals surface area (Å²) in [7, 11) is 0. The van der Waals surface area contributed by atoms with Gasteiger partial charge in [-0.1, -0.05) is 0 Å². The maximum absolute atomic E-state index is 10.7. The van der Waals surface area contributed by atoms with Crippen LogP contribution in [-0.4, -0.2) is 4.98 Å². The normalized spacial score (nSPS) is 10.2. The molecular weight excluding hydrogens is 142 g/mol. The fraction of sp³-hybridized carbons (Fsp3) is 0. The van der Waals surface area contributed by atoms with E-state index in [1.54, 1.807) is 12.1 Å². The zero-order valence-corrected chi connectivity index (χ0v) is 5.65. The summed E-state index contributed by atoms with van der Waals surface area (Å²) in [4.78, 5) is 14.4. The van der Waals surface area contributed by atoms with Gasteiger partial charge >= 0.3 is 0 Å². The molecule has 54 valence electrons. The van der Waals surface area contributed by atoms with E-state index in [1.165, 1.54) is 12.3 Å². The Morgan fingerprint density at radius 3 is 3.09 bits per heavy atom. The van der Waals surface area contributed by atoms with Crippen molar-refractivity contribution < 1.29 is 4.42 Å². The molecule has 0 aliphatic carbocycles. The Hall–Kier alpha value is -1.64. The van der Waals surface area contributed by atoms with E-state index in [9.17, 15) is 4.79 Å². The van der Waals surface area contributed by atoms with Crippen LogP contribution in [0.15, 0.2) is 39.7 Å². The molecular formula is C8H5NO2. The molecule has 0 fully saturated rings.